The Morgan fingerprint density at radius 2 is 0.642 bits per heavy atom. The second kappa shape index (κ2) is 28.7. The highest BCUT2D eigenvalue weighted by atomic mass is 16.8. The minimum absolute atomic E-state index is 0.863. The van der Waals surface area contributed by atoms with Crippen LogP contribution in [0.4, 0.5) is 0 Å². The molecule has 1 unspecified atom stereocenters. The fourth-order valence-corrected chi connectivity index (χ4v) is 10.2. The molecule has 7 aliphatic rings. The van der Waals surface area contributed by atoms with Crippen LogP contribution in [0.1, 0.15) is 6.92 Å². The lowest BCUT2D eigenvalue weighted by Gasteiger charge is -2.50. The molecular weight excluding hydrogens is 1120 g/mol. The lowest BCUT2D eigenvalue weighted by molar-refractivity contribution is -0.388. The smallest absolute Gasteiger partial charge is 0.217 e. The van der Waals surface area contributed by atoms with Gasteiger partial charge in [-0.3, -0.25) is 4.79 Å². The molecule has 37 heteroatoms. The normalized spacial score (nSPS) is 51.9. The maximum Gasteiger partial charge on any atom is 0.217 e. The third kappa shape index (κ3) is 14.2. The van der Waals surface area contributed by atoms with Crippen molar-refractivity contribution in [3.05, 3.63) is 0 Å². The second-order valence-corrected chi connectivity index (χ2v) is 20.4. The molecule has 472 valence electrons. The summed E-state index contributed by atoms with van der Waals surface area (Å²) in [6.07, 6.45) is -67.1. The lowest BCUT2D eigenvalue weighted by Crippen LogP contribution is -2.70. The Morgan fingerprint density at radius 3 is 1.09 bits per heavy atom. The SMILES string of the molecule is CC(=O)N[C@H]1[C@H](O[C@H]2[C@H](O)[C@@H](O)C(O)O[C@@H]2CO)O[C@H](CO)[C@@H](O[C@@H]2O[C@H](CO[C@H]3O[C@H](CO[C@H]4O[C@H](CO)[C@@H](O)[C@H](O)[C@@H]4O)[C@@H](O)[C@H](O[C@H]4O[C@H](CO)[C@@H](O)[C@H](O)[C@@H]4O)[C@@H]3O)[C@@H](O)[C@H](O[C@H]3O[C@H](CO)[C@@H](O)[C@H](O)[C@@H]3O)[C@@H]2O)[C@@H]1O. The van der Waals surface area contributed by atoms with E-state index in [1.807, 2.05) is 0 Å². The third-order valence-corrected chi connectivity index (χ3v) is 14.9. The zero-order valence-electron chi connectivity index (χ0n) is 42.7. The Balaban J connectivity index is 1.17. The van der Waals surface area contributed by atoms with Crippen LogP contribution in [0.3, 0.4) is 0 Å². The Bertz CT molecular complexity index is 1930. The summed E-state index contributed by atoms with van der Waals surface area (Å²) in [4.78, 5) is 12.6. The van der Waals surface area contributed by atoms with Crippen LogP contribution in [0.5, 0.6) is 0 Å². The molecular formula is C44H75NO36. The predicted molar refractivity (Wildman–Crippen MR) is 243 cm³/mol. The Hall–Kier alpha value is -1.93. The molecule has 0 aromatic heterocycles. The topological polar surface area (TPSA) is 594 Å². The fraction of sp³-hybridized carbons (Fsp3) is 0.977. The summed E-state index contributed by atoms with van der Waals surface area (Å²) < 4.78 is 73.7. The molecule has 0 aromatic carbocycles. The molecule has 81 heavy (non-hydrogen) atoms. The van der Waals surface area contributed by atoms with Crippen molar-refractivity contribution in [2.75, 3.05) is 46.2 Å². The number of carbonyl (C=O) groups is 1. The van der Waals surface area contributed by atoms with E-state index in [1.54, 1.807) is 0 Å². The Labute approximate surface area is 457 Å². The number of aliphatic hydroxyl groups is 22. The zero-order valence-corrected chi connectivity index (χ0v) is 42.7. The molecule has 7 fully saturated rings. The molecule has 0 saturated carbocycles. The first kappa shape index (κ1) is 66.6. The van der Waals surface area contributed by atoms with E-state index < -0.39 is 267 Å². The van der Waals surface area contributed by atoms with Crippen molar-refractivity contribution in [2.24, 2.45) is 0 Å². The van der Waals surface area contributed by atoms with Gasteiger partial charge in [-0.05, 0) is 0 Å². The summed E-state index contributed by atoms with van der Waals surface area (Å²) in [6, 6.07) is -1.78. The van der Waals surface area contributed by atoms with E-state index >= 15 is 0 Å². The average molecular weight is 1190 g/mol. The second-order valence-electron chi connectivity index (χ2n) is 20.4. The monoisotopic (exact) mass is 1190 g/mol. The van der Waals surface area contributed by atoms with Crippen LogP contribution in [0, 0.1) is 0 Å². The molecule has 0 spiro atoms. The standard InChI is InChI=1S/C44H75NO36/c1-9(51)45-17-23(57)34(14(6-50)75-39(17)78-35-13(5-49)71-38(68)28(62)27(35)61)79-44-33(67)37(81-43-31(65)26(60)20(54)12(4-48)74-43)22(56)16(77-44)8-70-41-32(66)36(80-42-30(64)25(59)19(53)11(3-47)73-42)21(55)15(76-41)7-69-40-29(63)24(58)18(52)10(2-46)72-40/h10-44,46-50,52-68H,2-8H2,1H3,(H,45,51)/t10-,11-,12-,13-,14-,15-,16-,17-,18-,19-,20-,21-,22-,23-,24+,25+,26+,27-,28-,29+,30+,31+,32+,33+,34-,35-,36+,37+,38?,39+,40+,41+,42-,43-,44+/m1/s1. The van der Waals surface area contributed by atoms with Gasteiger partial charge in [0.2, 0.25) is 5.91 Å². The van der Waals surface area contributed by atoms with E-state index in [0.717, 1.165) is 6.92 Å². The minimum Gasteiger partial charge on any atom is -0.394 e. The van der Waals surface area contributed by atoms with E-state index in [0.29, 0.717) is 0 Å². The molecule has 0 aromatic rings. The average Bonchev–Trinajstić information content (AvgIpc) is 3.63. The van der Waals surface area contributed by atoms with Gasteiger partial charge in [-0.15, -0.1) is 0 Å². The summed E-state index contributed by atoms with van der Waals surface area (Å²) >= 11 is 0. The van der Waals surface area contributed by atoms with Gasteiger partial charge in [0.15, 0.2) is 44.0 Å². The molecule has 7 heterocycles. The Kier molecular flexibility index (Phi) is 23.6. The van der Waals surface area contributed by atoms with Crippen LogP contribution in [0.25, 0.3) is 0 Å². The summed E-state index contributed by atoms with van der Waals surface area (Å²) in [6.45, 7) is -5.81. The van der Waals surface area contributed by atoms with E-state index in [2.05, 4.69) is 5.32 Å². The number of rotatable bonds is 20. The minimum atomic E-state index is -2.33. The number of nitrogens with one attached hydrogen (secondary N) is 1. The molecule has 7 aliphatic heterocycles. The van der Waals surface area contributed by atoms with Gasteiger partial charge in [0, 0.05) is 6.92 Å². The number of aliphatic hydroxyl groups excluding tert-OH is 22. The maximum atomic E-state index is 12.6. The van der Waals surface area contributed by atoms with Gasteiger partial charge >= 0.3 is 0 Å². The largest absolute Gasteiger partial charge is 0.394 e. The van der Waals surface area contributed by atoms with Gasteiger partial charge in [-0.2, -0.15) is 0 Å². The van der Waals surface area contributed by atoms with Crippen molar-refractivity contribution in [3.63, 3.8) is 0 Å². The van der Waals surface area contributed by atoms with E-state index in [4.69, 9.17) is 61.6 Å². The van der Waals surface area contributed by atoms with Crippen LogP contribution in [0.2, 0.25) is 0 Å². The number of hydrogen-bond donors (Lipinski definition) is 23. The first-order valence-electron chi connectivity index (χ1n) is 25.6. The molecule has 7 saturated heterocycles. The van der Waals surface area contributed by atoms with Crippen molar-refractivity contribution in [2.45, 2.75) is 222 Å². The summed E-state index contributed by atoms with van der Waals surface area (Å²) in [5.74, 6) is -0.863. The summed E-state index contributed by atoms with van der Waals surface area (Å²) in [7, 11) is 0. The van der Waals surface area contributed by atoms with Crippen LogP contribution < -0.4 is 5.32 Å². The fourth-order valence-electron chi connectivity index (χ4n) is 10.2. The van der Waals surface area contributed by atoms with E-state index in [-0.39, 0.29) is 0 Å². The van der Waals surface area contributed by atoms with Gasteiger partial charge in [0.1, 0.15) is 171 Å². The number of hydrogen-bond acceptors (Lipinski definition) is 36. The highest BCUT2D eigenvalue weighted by Crippen LogP contribution is 2.37. The molecule has 37 nitrogen and oxygen atoms in total. The third-order valence-electron chi connectivity index (χ3n) is 14.9. The highest BCUT2D eigenvalue weighted by molar-refractivity contribution is 5.73. The van der Waals surface area contributed by atoms with Gasteiger partial charge in [-0.25, -0.2) is 0 Å². The number of amides is 1. The van der Waals surface area contributed by atoms with Crippen molar-refractivity contribution in [1.29, 1.82) is 0 Å². The van der Waals surface area contributed by atoms with Gasteiger partial charge in [0.05, 0.1) is 46.2 Å². The van der Waals surface area contributed by atoms with Crippen LogP contribution in [-0.4, -0.2) is 379 Å². The van der Waals surface area contributed by atoms with Crippen molar-refractivity contribution >= 4 is 5.91 Å². The highest BCUT2D eigenvalue weighted by Gasteiger charge is 2.58. The van der Waals surface area contributed by atoms with Crippen LogP contribution in [-0.2, 0) is 66.4 Å². The predicted octanol–water partition coefficient (Wildman–Crippen LogP) is -16.1. The molecule has 7 rings (SSSR count). The summed E-state index contributed by atoms with van der Waals surface area (Å²) in [5, 5.41) is 237. The van der Waals surface area contributed by atoms with E-state index in [1.165, 1.54) is 0 Å². The molecule has 1 amide bonds. The molecule has 0 aliphatic carbocycles. The summed E-state index contributed by atoms with van der Waals surface area (Å²) in [5.41, 5.74) is 0. The van der Waals surface area contributed by atoms with Crippen molar-refractivity contribution in [3.8, 4) is 0 Å². The first-order valence-corrected chi connectivity index (χ1v) is 25.6. The van der Waals surface area contributed by atoms with Crippen molar-refractivity contribution < 1.29 is 179 Å². The number of ether oxygens (including phenoxy) is 13. The molecule has 0 bridgehead atoms. The van der Waals surface area contributed by atoms with Gasteiger partial charge < -0.3 is 179 Å². The quantitative estimate of drug-likeness (QED) is 0.0538. The first-order chi connectivity index (χ1) is 38.3. The number of carbonyl (C=O) groups excluding carboxylic acids is 1. The van der Waals surface area contributed by atoms with Gasteiger partial charge in [-0.1, -0.05) is 0 Å². The Morgan fingerprint density at radius 1 is 0.321 bits per heavy atom. The molecule has 0 radical (unpaired) electrons. The van der Waals surface area contributed by atoms with E-state index in [9.17, 15) is 117 Å². The van der Waals surface area contributed by atoms with Crippen LogP contribution in [0.15, 0.2) is 0 Å². The van der Waals surface area contributed by atoms with Crippen molar-refractivity contribution in [1.82, 2.24) is 5.32 Å². The maximum absolute atomic E-state index is 12.6. The lowest BCUT2D eigenvalue weighted by atomic mass is 9.94. The zero-order chi connectivity index (χ0) is 59.6. The van der Waals surface area contributed by atoms with Gasteiger partial charge in [0.25, 0.3) is 0 Å². The van der Waals surface area contributed by atoms with Crippen LogP contribution >= 0.6 is 0 Å². The molecule has 23 N–H and O–H groups in total. The molecule has 35 atom stereocenters.